The maximum atomic E-state index is 10.9. The van der Waals surface area contributed by atoms with Gasteiger partial charge in [0, 0.05) is 12.1 Å². The average molecular weight is 287 g/mol. The highest BCUT2D eigenvalue weighted by molar-refractivity contribution is 8.02. The lowest BCUT2D eigenvalue weighted by Gasteiger charge is -2.07. The summed E-state index contributed by atoms with van der Waals surface area (Å²) in [5.41, 5.74) is 1.10. The van der Waals surface area contributed by atoms with Crippen LogP contribution in [0.1, 0.15) is 5.56 Å². The van der Waals surface area contributed by atoms with Crippen LogP contribution in [0, 0.1) is 10.1 Å². The molecule has 0 bridgehead atoms. The molecule has 0 amide bonds. The largest absolute Gasteiger partial charge is 0.489 e. The predicted octanol–water partition coefficient (Wildman–Crippen LogP) is 4.41. The number of nitro groups is 1. The van der Waals surface area contributed by atoms with E-state index in [9.17, 15) is 10.1 Å². The molecule has 102 valence electrons. The standard InChI is InChI=1S/C15H13NO3S/c1-2-20-15-10-13(8-9-14(15)16(17)18)19-11-12-6-4-3-5-7-12/h2-10H,1,11H2. The number of nitro benzene ring substituents is 1. The van der Waals surface area contributed by atoms with E-state index in [2.05, 4.69) is 6.58 Å². The van der Waals surface area contributed by atoms with Gasteiger partial charge in [0.15, 0.2) is 0 Å². The fourth-order valence-electron chi connectivity index (χ4n) is 1.66. The van der Waals surface area contributed by atoms with Crippen LogP contribution in [0.4, 0.5) is 5.69 Å². The summed E-state index contributed by atoms with van der Waals surface area (Å²) in [6.45, 7) is 4.01. The summed E-state index contributed by atoms with van der Waals surface area (Å²) in [6, 6.07) is 14.5. The Morgan fingerprint density at radius 3 is 2.65 bits per heavy atom. The van der Waals surface area contributed by atoms with E-state index in [1.807, 2.05) is 30.3 Å². The average Bonchev–Trinajstić information content (AvgIpc) is 2.46. The van der Waals surface area contributed by atoms with Gasteiger partial charge < -0.3 is 4.74 Å². The Bertz CT molecular complexity index is 614. The zero-order chi connectivity index (χ0) is 14.4. The summed E-state index contributed by atoms with van der Waals surface area (Å²) in [7, 11) is 0. The molecule has 0 saturated heterocycles. The molecule has 20 heavy (non-hydrogen) atoms. The van der Waals surface area contributed by atoms with Gasteiger partial charge in [-0.25, -0.2) is 0 Å². The van der Waals surface area contributed by atoms with Crippen LogP contribution < -0.4 is 4.74 Å². The lowest BCUT2D eigenvalue weighted by molar-refractivity contribution is -0.387. The summed E-state index contributed by atoms with van der Waals surface area (Å²) in [6.07, 6.45) is 0. The fraction of sp³-hybridized carbons (Fsp3) is 0.0667. The van der Waals surface area contributed by atoms with E-state index < -0.39 is 4.92 Å². The van der Waals surface area contributed by atoms with Gasteiger partial charge >= 0.3 is 0 Å². The first-order valence-electron chi connectivity index (χ1n) is 5.93. The van der Waals surface area contributed by atoms with Crippen molar-refractivity contribution in [3.63, 3.8) is 0 Å². The Kier molecular flexibility index (Phi) is 4.79. The molecule has 0 radical (unpaired) electrons. The third-order valence-corrected chi connectivity index (χ3v) is 3.33. The van der Waals surface area contributed by atoms with Crippen LogP contribution in [-0.2, 0) is 6.61 Å². The van der Waals surface area contributed by atoms with Gasteiger partial charge in [-0.3, -0.25) is 10.1 Å². The Hall–Kier alpha value is -2.27. The van der Waals surface area contributed by atoms with Crippen molar-refractivity contribution in [3.8, 4) is 5.75 Å². The van der Waals surface area contributed by atoms with Crippen molar-refractivity contribution in [2.75, 3.05) is 0 Å². The number of hydrogen-bond donors (Lipinski definition) is 0. The van der Waals surface area contributed by atoms with Crippen molar-refractivity contribution in [2.24, 2.45) is 0 Å². The van der Waals surface area contributed by atoms with Crippen LogP contribution in [0.25, 0.3) is 0 Å². The van der Waals surface area contributed by atoms with Gasteiger partial charge in [-0.1, -0.05) is 48.7 Å². The molecule has 0 aliphatic heterocycles. The molecular weight excluding hydrogens is 274 g/mol. The van der Waals surface area contributed by atoms with E-state index in [1.54, 1.807) is 17.5 Å². The van der Waals surface area contributed by atoms with Gasteiger partial charge in [-0.15, -0.1) is 0 Å². The topological polar surface area (TPSA) is 52.4 Å². The second-order valence-electron chi connectivity index (χ2n) is 3.95. The van der Waals surface area contributed by atoms with Crippen LogP contribution in [-0.4, -0.2) is 4.92 Å². The molecule has 0 unspecified atom stereocenters. The Labute approximate surface area is 121 Å². The quantitative estimate of drug-likeness (QED) is 0.448. The van der Waals surface area contributed by atoms with E-state index in [-0.39, 0.29) is 5.69 Å². The van der Waals surface area contributed by atoms with Crippen molar-refractivity contribution in [3.05, 3.63) is 76.2 Å². The predicted molar refractivity (Wildman–Crippen MR) is 79.9 cm³/mol. The van der Waals surface area contributed by atoms with Gasteiger partial charge in [0.05, 0.1) is 9.82 Å². The first kappa shape index (κ1) is 14.1. The van der Waals surface area contributed by atoms with Gasteiger partial charge in [0.1, 0.15) is 12.4 Å². The minimum Gasteiger partial charge on any atom is -0.489 e. The van der Waals surface area contributed by atoms with Crippen molar-refractivity contribution in [2.45, 2.75) is 11.5 Å². The van der Waals surface area contributed by atoms with Crippen molar-refractivity contribution in [1.29, 1.82) is 0 Å². The van der Waals surface area contributed by atoms with Gasteiger partial charge in [0.25, 0.3) is 5.69 Å². The highest BCUT2D eigenvalue weighted by Gasteiger charge is 2.14. The summed E-state index contributed by atoms with van der Waals surface area (Å²) in [5.74, 6) is 0.601. The molecule has 0 fully saturated rings. The minimum atomic E-state index is -0.410. The van der Waals surface area contributed by atoms with E-state index in [4.69, 9.17) is 4.74 Å². The Morgan fingerprint density at radius 2 is 2.00 bits per heavy atom. The van der Waals surface area contributed by atoms with Crippen molar-refractivity contribution in [1.82, 2.24) is 0 Å². The summed E-state index contributed by atoms with van der Waals surface area (Å²) in [5, 5.41) is 12.5. The second-order valence-corrected chi connectivity index (χ2v) is 4.95. The highest BCUT2D eigenvalue weighted by atomic mass is 32.2. The summed E-state index contributed by atoms with van der Waals surface area (Å²) in [4.78, 5) is 11.0. The molecule has 0 N–H and O–H groups in total. The fourth-order valence-corrected chi connectivity index (χ4v) is 2.29. The molecule has 0 heterocycles. The highest BCUT2D eigenvalue weighted by Crippen LogP contribution is 2.33. The van der Waals surface area contributed by atoms with Crippen LogP contribution >= 0.6 is 11.8 Å². The zero-order valence-electron chi connectivity index (χ0n) is 10.7. The van der Waals surface area contributed by atoms with Crippen LogP contribution in [0.5, 0.6) is 5.75 Å². The number of benzene rings is 2. The second kappa shape index (κ2) is 6.77. The van der Waals surface area contributed by atoms with Gasteiger partial charge in [0.2, 0.25) is 0 Å². The van der Waals surface area contributed by atoms with Crippen LogP contribution in [0.15, 0.2) is 65.4 Å². The smallest absolute Gasteiger partial charge is 0.283 e. The normalized spacial score (nSPS) is 10.0. The molecule has 0 spiro atoms. The maximum Gasteiger partial charge on any atom is 0.283 e. The number of ether oxygens (including phenoxy) is 1. The summed E-state index contributed by atoms with van der Waals surface area (Å²) >= 11 is 1.21. The first-order chi connectivity index (χ1) is 9.70. The molecule has 0 saturated carbocycles. The molecule has 2 rings (SSSR count). The molecule has 0 aliphatic rings. The van der Waals surface area contributed by atoms with Gasteiger partial charge in [-0.05, 0) is 17.0 Å². The van der Waals surface area contributed by atoms with Crippen molar-refractivity contribution < 1.29 is 9.66 Å². The molecule has 0 aliphatic carbocycles. The number of hydrogen-bond acceptors (Lipinski definition) is 4. The molecule has 0 atom stereocenters. The van der Waals surface area contributed by atoms with Crippen LogP contribution in [0.3, 0.4) is 0 Å². The molecule has 4 nitrogen and oxygen atoms in total. The third kappa shape index (κ3) is 3.61. The molecule has 2 aromatic rings. The zero-order valence-corrected chi connectivity index (χ0v) is 11.5. The first-order valence-corrected chi connectivity index (χ1v) is 6.81. The monoisotopic (exact) mass is 287 g/mol. The summed E-state index contributed by atoms with van der Waals surface area (Å²) < 4.78 is 5.64. The van der Waals surface area contributed by atoms with E-state index in [0.29, 0.717) is 17.3 Å². The van der Waals surface area contributed by atoms with Gasteiger partial charge in [-0.2, -0.15) is 0 Å². The molecule has 5 heteroatoms. The lowest BCUT2D eigenvalue weighted by Crippen LogP contribution is -1.96. The number of thioether (sulfide) groups is 1. The molecule has 2 aromatic carbocycles. The Morgan fingerprint density at radius 1 is 1.25 bits per heavy atom. The van der Waals surface area contributed by atoms with Crippen molar-refractivity contribution >= 4 is 17.4 Å². The number of nitrogens with zero attached hydrogens (tertiary/aromatic N) is 1. The molecule has 0 aromatic heterocycles. The molecular formula is C15H13NO3S. The Balaban J connectivity index is 2.14. The van der Waals surface area contributed by atoms with E-state index in [1.165, 1.54) is 17.8 Å². The van der Waals surface area contributed by atoms with E-state index in [0.717, 1.165) is 5.56 Å². The SMILES string of the molecule is C=CSc1cc(OCc2ccccc2)ccc1[N+](=O)[O-]. The maximum absolute atomic E-state index is 10.9. The minimum absolute atomic E-state index is 0.0574. The lowest BCUT2D eigenvalue weighted by atomic mass is 10.2. The third-order valence-electron chi connectivity index (χ3n) is 2.59. The van der Waals surface area contributed by atoms with Crippen LogP contribution in [0.2, 0.25) is 0 Å². The number of rotatable bonds is 6. The van der Waals surface area contributed by atoms with E-state index >= 15 is 0 Å².